The maximum Gasteiger partial charge on any atom is 0.223 e. The number of hydrogen-bond acceptors (Lipinski definition) is 2. The molecule has 0 fully saturated rings. The monoisotopic (exact) mass is 217 g/mol. The second kappa shape index (κ2) is 3.67. The van der Waals surface area contributed by atoms with Gasteiger partial charge in [-0.05, 0) is 13.0 Å². The van der Waals surface area contributed by atoms with Gasteiger partial charge in [0, 0.05) is 31.0 Å². The van der Waals surface area contributed by atoms with Crippen LogP contribution in [0.5, 0.6) is 0 Å². The minimum atomic E-state index is -0.128. The van der Waals surface area contributed by atoms with E-state index in [1.807, 2.05) is 13.1 Å². The molecule has 0 amide bonds. The molecule has 0 saturated carbocycles. The number of hydrogen-bond donors (Lipinski definition) is 1. The molecule has 0 radical (unpaired) electrons. The molecule has 0 spiro atoms. The van der Waals surface area contributed by atoms with E-state index in [0.717, 1.165) is 25.0 Å². The van der Waals surface area contributed by atoms with E-state index < -0.39 is 0 Å². The highest BCUT2D eigenvalue weighted by molar-refractivity contribution is 5.83. The van der Waals surface area contributed by atoms with Crippen LogP contribution in [0, 0.1) is 6.92 Å². The number of fused-ring (bicyclic) bond motifs is 1. The maximum atomic E-state index is 9.74. The summed E-state index contributed by atoms with van der Waals surface area (Å²) in [5.41, 5.74) is 3.63. The predicted octanol–water partition coefficient (Wildman–Crippen LogP) is 1.79. The molecule has 3 heteroatoms. The molecule has 2 aliphatic heterocycles. The van der Waals surface area contributed by atoms with Gasteiger partial charge in [0.2, 0.25) is 5.69 Å². The molecule has 0 aromatic carbocycles. The summed E-state index contributed by atoms with van der Waals surface area (Å²) in [6.07, 6.45) is 5.88. The van der Waals surface area contributed by atoms with Crippen LogP contribution in [0.15, 0.2) is 18.3 Å². The van der Waals surface area contributed by atoms with Crippen LogP contribution >= 0.6 is 0 Å². The lowest BCUT2D eigenvalue weighted by Gasteiger charge is -2.19. The molecule has 0 unspecified atom stereocenters. The fraction of sp³-hybridized carbons (Fsp3) is 0.538. The van der Waals surface area contributed by atoms with E-state index in [9.17, 15) is 5.11 Å². The van der Waals surface area contributed by atoms with Gasteiger partial charge in [0.1, 0.15) is 0 Å². The van der Waals surface area contributed by atoms with Crippen LogP contribution in [0.25, 0.3) is 0 Å². The van der Waals surface area contributed by atoms with E-state index in [2.05, 4.69) is 21.7 Å². The Morgan fingerprint density at radius 3 is 3.00 bits per heavy atom. The highest BCUT2D eigenvalue weighted by atomic mass is 16.3. The number of aryl methyl sites for hydroxylation is 1. The van der Waals surface area contributed by atoms with Crippen LogP contribution in [-0.4, -0.2) is 32.5 Å². The molecule has 3 heterocycles. The fourth-order valence-corrected chi connectivity index (χ4v) is 2.93. The Bertz CT molecular complexity index is 436. The molecule has 2 atom stereocenters. The van der Waals surface area contributed by atoms with Gasteiger partial charge in [-0.15, -0.1) is 0 Å². The zero-order valence-electron chi connectivity index (χ0n) is 9.56. The van der Waals surface area contributed by atoms with Gasteiger partial charge >= 0.3 is 0 Å². The Morgan fingerprint density at radius 1 is 1.44 bits per heavy atom. The molecule has 0 aliphatic carbocycles. The second-order valence-electron chi connectivity index (χ2n) is 4.88. The summed E-state index contributed by atoms with van der Waals surface area (Å²) in [6.45, 7) is 2.01. The van der Waals surface area contributed by atoms with Gasteiger partial charge in [-0.3, -0.25) is 4.98 Å². The van der Waals surface area contributed by atoms with Crippen molar-refractivity contribution in [3.8, 4) is 0 Å². The lowest BCUT2D eigenvalue weighted by atomic mass is 10.0. The van der Waals surface area contributed by atoms with E-state index in [-0.39, 0.29) is 6.10 Å². The summed E-state index contributed by atoms with van der Waals surface area (Å²) >= 11 is 0. The topological polar surface area (TPSA) is 36.1 Å². The predicted molar refractivity (Wildman–Crippen MR) is 62.2 cm³/mol. The molecule has 3 rings (SSSR count). The Labute approximate surface area is 95.5 Å². The first-order valence-electron chi connectivity index (χ1n) is 5.98. The number of aliphatic hydroxyl groups excluding tert-OH is 1. The Morgan fingerprint density at radius 2 is 2.31 bits per heavy atom. The largest absolute Gasteiger partial charge is 0.392 e. The lowest BCUT2D eigenvalue weighted by Crippen LogP contribution is -2.32. The molecule has 1 N–H and O–H groups in total. The normalized spacial score (nSPS) is 28.6. The number of pyridine rings is 1. The standard InChI is InChI=1S/C13H17N2O/c1-9-2-3-12(8-14-9)15-10-4-5-11(15)7-13(16)6-10/h2-3,8,10,13,16H,4-7H2,1H3/q+1/t10-,13+/m0/s1. The van der Waals surface area contributed by atoms with Crippen molar-refractivity contribution < 1.29 is 9.68 Å². The highest BCUT2D eigenvalue weighted by Crippen LogP contribution is 2.32. The zero-order valence-corrected chi connectivity index (χ0v) is 9.56. The van der Waals surface area contributed by atoms with E-state index >= 15 is 0 Å². The SMILES string of the molecule is Cc1ccc([N+]2=C3CC[C@H]2C[C@@H](O)C3)cn1. The van der Waals surface area contributed by atoms with E-state index in [0.29, 0.717) is 6.04 Å². The molecule has 2 bridgehead atoms. The van der Waals surface area contributed by atoms with Crippen molar-refractivity contribution in [2.45, 2.75) is 44.8 Å². The quantitative estimate of drug-likeness (QED) is 0.728. The lowest BCUT2D eigenvalue weighted by molar-refractivity contribution is -0.485. The first-order chi connectivity index (χ1) is 7.74. The summed E-state index contributed by atoms with van der Waals surface area (Å²) in [5.74, 6) is 0. The summed E-state index contributed by atoms with van der Waals surface area (Å²) in [5, 5.41) is 9.74. The van der Waals surface area contributed by atoms with Crippen LogP contribution < -0.4 is 0 Å². The second-order valence-corrected chi connectivity index (χ2v) is 4.88. The average molecular weight is 217 g/mol. The molecule has 16 heavy (non-hydrogen) atoms. The van der Waals surface area contributed by atoms with Crippen LogP contribution in [-0.2, 0) is 0 Å². The Kier molecular flexibility index (Phi) is 2.28. The van der Waals surface area contributed by atoms with Gasteiger partial charge in [0.15, 0.2) is 11.8 Å². The van der Waals surface area contributed by atoms with Crippen molar-refractivity contribution in [2.24, 2.45) is 0 Å². The van der Waals surface area contributed by atoms with Gasteiger partial charge in [-0.25, -0.2) is 0 Å². The van der Waals surface area contributed by atoms with Crippen LogP contribution in [0.4, 0.5) is 5.69 Å². The molecule has 0 saturated heterocycles. The van der Waals surface area contributed by atoms with Crippen molar-refractivity contribution in [1.29, 1.82) is 0 Å². The zero-order chi connectivity index (χ0) is 11.1. The number of nitrogens with zero attached hydrogens (tertiary/aromatic N) is 2. The van der Waals surface area contributed by atoms with Crippen molar-refractivity contribution >= 4 is 11.4 Å². The summed E-state index contributed by atoms with van der Waals surface area (Å²) < 4.78 is 2.39. The molecule has 2 aliphatic rings. The average Bonchev–Trinajstić information content (AvgIpc) is 2.54. The molecule has 84 valence electrons. The fourth-order valence-electron chi connectivity index (χ4n) is 2.93. The number of rotatable bonds is 1. The van der Waals surface area contributed by atoms with Crippen molar-refractivity contribution in [3.63, 3.8) is 0 Å². The number of aromatic nitrogens is 1. The molecule has 3 nitrogen and oxygen atoms in total. The molecular weight excluding hydrogens is 200 g/mol. The molecule has 1 aromatic heterocycles. The van der Waals surface area contributed by atoms with Crippen molar-refractivity contribution in [2.75, 3.05) is 0 Å². The highest BCUT2D eigenvalue weighted by Gasteiger charge is 2.41. The van der Waals surface area contributed by atoms with E-state index in [1.54, 1.807) is 0 Å². The van der Waals surface area contributed by atoms with Gasteiger partial charge < -0.3 is 5.11 Å². The maximum absolute atomic E-state index is 9.74. The van der Waals surface area contributed by atoms with Gasteiger partial charge in [-0.1, -0.05) is 0 Å². The Balaban J connectivity index is 2.01. The van der Waals surface area contributed by atoms with Crippen molar-refractivity contribution in [3.05, 3.63) is 24.0 Å². The summed E-state index contributed by atoms with van der Waals surface area (Å²) in [7, 11) is 0. The first-order valence-corrected chi connectivity index (χ1v) is 5.98. The third-order valence-electron chi connectivity index (χ3n) is 3.66. The first kappa shape index (κ1) is 9.97. The van der Waals surface area contributed by atoms with Crippen molar-refractivity contribution in [1.82, 2.24) is 4.98 Å². The minimum Gasteiger partial charge on any atom is -0.392 e. The van der Waals surface area contributed by atoms with E-state index in [4.69, 9.17) is 0 Å². The third kappa shape index (κ3) is 1.55. The summed E-state index contributed by atoms with van der Waals surface area (Å²) in [6, 6.07) is 4.68. The van der Waals surface area contributed by atoms with Gasteiger partial charge in [-0.2, -0.15) is 4.58 Å². The van der Waals surface area contributed by atoms with Gasteiger partial charge in [0.05, 0.1) is 18.7 Å². The summed E-state index contributed by atoms with van der Waals surface area (Å²) in [4.78, 5) is 4.35. The minimum absolute atomic E-state index is 0.128. The van der Waals surface area contributed by atoms with Crippen LogP contribution in [0.1, 0.15) is 31.4 Å². The Hall–Kier alpha value is -1.22. The third-order valence-corrected chi connectivity index (χ3v) is 3.66. The molecule has 1 aromatic rings. The van der Waals surface area contributed by atoms with E-state index in [1.165, 1.54) is 17.8 Å². The van der Waals surface area contributed by atoms with Crippen LogP contribution in [0.3, 0.4) is 0 Å². The smallest absolute Gasteiger partial charge is 0.223 e. The number of aliphatic hydroxyl groups is 1. The van der Waals surface area contributed by atoms with Gasteiger partial charge in [0.25, 0.3) is 0 Å². The van der Waals surface area contributed by atoms with Crippen LogP contribution in [0.2, 0.25) is 0 Å². The molecular formula is C13H17N2O+.